The molecular weight excluding hydrogens is 417 g/mol. The minimum Gasteiger partial charge on any atom is -1.00 e. The SMILES string of the molecule is CCCCCCCCCCCCCCCCCC[n+]1ccccc1.[I-]. The summed E-state index contributed by atoms with van der Waals surface area (Å²) in [5, 5.41) is 0. The van der Waals surface area contributed by atoms with E-state index in [4.69, 9.17) is 0 Å². The first kappa shape index (κ1) is 24.9. The Labute approximate surface area is 175 Å². The maximum absolute atomic E-state index is 2.30. The fourth-order valence-corrected chi connectivity index (χ4v) is 3.43. The fourth-order valence-electron chi connectivity index (χ4n) is 3.43. The number of pyridine rings is 1. The van der Waals surface area contributed by atoms with Gasteiger partial charge in [-0.15, -0.1) is 0 Å². The third-order valence-corrected chi connectivity index (χ3v) is 5.05. The monoisotopic (exact) mass is 459 g/mol. The topological polar surface area (TPSA) is 3.88 Å². The number of rotatable bonds is 17. The largest absolute Gasteiger partial charge is 1.00 e. The summed E-state index contributed by atoms with van der Waals surface area (Å²) in [6.07, 6.45) is 27.4. The normalized spacial score (nSPS) is 10.6. The van der Waals surface area contributed by atoms with E-state index in [1.165, 1.54) is 109 Å². The van der Waals surface area contributed by atoms with Crippen LogP contribution in [0.15, 0.2) is 30.6 Å². The zero-order valence-corrected chi connectivity index (χ0v) is 18.9. The molecule has 1 aromatic rings. The van der Waals surface area contributed by atoms with Crippen LogP contribution in [0.4, 0.5) is 0 Å². The molecule has 0 atom stereocenters. The third kappa shape index (κ3) is 17.1. The van der Waals surface area contributed by atoms with E-state index in [0.717, 1.165) is 0 Å². The van der Waals surface area contributed by atoms with Gasteiger partial charge in [0.2, 0.25) is 0 Å². The van der Waals surface area contributed by atoms with Gasteiger partial charge in [0.25, 0.3) is 0 Å². The van der Waals surface area contributed by atoms with Crippen molar-refractivity contribution in [3.05, 3.63) is 30.6 Å². The lowest BCUT2D eigenvalue weighted by Gasteiger charge is -2.03. The molecule has 0 saturated heterocycles. The van der Waals surface area contributed by atoms with Gasteiger partial charge in [0.1, 0.15) is 6.54 Å². The van der Waals surface area contributed by atoms with Crippen molar-refractivity contribution in [2.24, 2.45) is 0 Å². The minimum atomic E-state index is 0. The lowest BCUT2D eigenvalue weighted by molar-refractivity contribution is -0.697. The highest BCUT2D eigenvalue weighted by Crippen LogP contribution is 2.13. The Kier molecular flexibility index (Phi) is 20.1. The first-order chi connectivity index (χ1) is 11.9. The van der Waals surface area contributed by atoms with Crippen LogP contribution >= 0.6 is 0 Å². The average Bonchev–Trinajstić information content (AvgIpc) is 2.62. The lowest BCUT2D eigenvalue weighted by Crippen LogP contribution is -3.00. The Morgan fingerprint density at radius 3 is 1.24 bits per heavy atom. The van der Waals surface area contributed by atoms with Crippen molar-refractivity contribution in [1.82, 2.24) is 0 Å². The highest BCUT2D eigenvalue weighted by Gasteiger charge is 1.98. The molecule has 0 aliphatic carbocycles. The zero-order chi connectivity index (χ0) is 17.1. The molecule has 0 saturated carbocycles. The van der Waals surface area contributed by atoms with Crippen molar-refractivity contribution in [1.29, 1.82) is 0 Å². The molecule has 0 bridgehead atoms. The van der Waals surface area contributed by atoms with E-state index in [1.54, 1.807) is 0 Å². The van der Waals surface area contributed by atoms with Gasteiger partial charge in [-0.25, -0.2) is 4.57 Å². The summed E-state index contributed by atoms with van der Waals surface area (Å²) >= 11 is 0. The van der Waals surface area contributed by atoms with Gasteiger partial charge in [-0.1, -0.05) is 103 Å². The van der Waals surface area contributed by atoms with Crippen LogP contribution in [0.1, 0.15) is 110 Å². The van der Waals surface area contributed by atoms with Crippen LogP contribution in [-0.4, -0.2) is 0 Å². The van der Waals surface area contributed by atoms with Crippen molar-refractivity contribution < 1.29 is 28.5 Å². The number of nitrogens with zero attached hydrogens (tertiary/aromatic N) is 1. The van der Waals surface area contributed by atoms with Crippen molar-refractivity contribution in [2.45, 2.75) is 116 Å². The summed E-state index contributed by atoms with van der Waals surface area (Å²) in [7, 11) is 0. The quantitative estimate of drug-likeness (QED) is 0.186. The van der Waals surface area contributed by atoms with Crippen LogP contribution in [0.5, 0.6) is 0 Å². The first-order valence-corrected chi connectivity index (χ1v) is 10.9. The van der Waals surface area contributed by atoms with Gasteiger partial charge in [0.05, 0.1) is 0 Å². The van der Waals surface area contributed by atoms with E-state index in [9.17, 15) is 0 Å². The molecule has 25 heavy (non-hydrogen) atoms. The van der Waals surface area contributed by atoms with Crippen molar-refractivity contribution in [3.63, 3.8) is 0 Å². The number of aryl methyl sites for hydroxylation is 1. The molecule has 0 aliphatic rings. The molecule has 0 N–H and O–H groups in total. The molecule has 0 spiro atoms. The van der Waals surface area contributed by atoms with Gasteiger partial charge in [0, 0.05) is 18.6 Å². The van der Waals surface area contributed by atoms with Crippen LogP contribution in [-0.2, 0) is 6.54 Å². The molecule has 0 fully saturated rings. The maximum Gasteiger partial charge on any atom is 0.168 e. The molecule has 0 radical (unpaired) electrons. The standard InChI is InChI=1S/C23H42N.HI/c1-2-3-4-5-6-7-8-9-10-11-12-13-14-15-16-18-21-24-22-19-17-20-23-24;/h17,19-20,22-23H,2-16,18,21H2,1H3;1H/q+1;/p-1. The molecule has 1 aromatic heterocycles. The number of aromatic nitrogens is 1. The second kappa shape index (κ2) is 20.2. The second-order valence-corrected chi connectivity index (χ2v) is 7.42. The molecule has 0 unspecified atom stereocenters. The number of hydrogen-bond donors (Lipinski definition) is 0. The Morgan fingerprint density at radius 1 is 0.480 bits per heavy atom. The van der Waals surface area contributed by atoms with E-state index in [-0.39, 0.29) is 24.0 Å². The van der Waals surface area contributed by atoms with Crippen LogP contribution in [0.2, 0.25) is 0 Å². The summed E-state index contributed by atoms with van der Waals surface area (Å²) in [6, 6.07) is 6.32. The number of halogens is 1. The van der Waals surface area contributed by atoms with Crippen LogP contribution in [0.3, 0.4) is 0 Å². The molecule has 1 rings (SSSR count). The Bertz CT molecular complexity index is 352. The van der Waals surface area contributed by atoms with Crippen molar-refractivity contribution >= 4 is 0 Å². The molecule has 0 aromatic carbocycles. The zero-order valence-electron chi connectivity index (χ0n) is 16.7. The van der Waals surface area contributed by atoms with Gasteiger partial charge in [-0.05, 0) is 6.42 Å². The van der Waals surface area contributed by atoms with E-state index in [0.29, 0.717) is 0 Å². The minimum absolute atomic E-state index is 0. The number of unbranched alkanes of at least 4 members (excludes halogenated alkanes) is 15. The predicted octanol–water partition coefficient (Wildman–Crippen LogP) is 4.24. The lowest BCUT2D eigenvalue weighted by atomic mass is 10.0. The van der Waals surface area contributed by atoms with Gasteiger partial charge in [-0.3, -0.25) is 0 Å². The van der Waals surface area contributed by atoms with Crippen molar-refractivity contribution in [3.8, 4) is 0 Å². The molecule has 1 heterocycles. The van der Waals surface area contributed by atoms with Gasteiger partial charge in [-0.2, -0.15) is 0 Å². The van der Waals surface area contributed by atoms with Gasteiger partial charge < -0.3 is 24.0 Å². The number of hydrogen-bond acceptors (Lipinski definition) is 0. The second-order valence-electron chi connectivity index (χ2n) is 7.42. The molecule has 1 nitrogen and oxygen atoms in total. The summed E-state index contributed by atoms with van der Waals surface area (Å²) in [4.78, 5) is 0. The predicted molar refractivity (Wildman–Crippen MR) is 106 cm³/mol. The highest BCUT2D eigenvalue weighted by molar-refractivity contribution is 4.83. The molecular formula is C23H42IN. The summed E-state index contributed by atoms with van der Waals surface area (Å²) in [6.45, 7) is 3.48. The van der Waals surface area contributed by atoms with E-state index >= 15 is 0 Å². The summed E-state index contributed by atoms with van der Waals surface area (Å²) in [5.41, 5.74) is 0. The van der Waals surface area contributed by atoms with Gasteiger partial charge >= 0.3 is 0 Å². The maximum atomic E-state index is 2.30. The van der Waals surface area contributed by atoms with Crippen LogP contribution in [0.25, 0.3) is 0 Å². The Balaban J connectivity index is 0.00000576. The van der Waals surface area contributed by atoms with Crippen LogP contribution in [0, 0.1) is 0 Å². The van der Waals surface area contributed by atoms with E-state index in [1.807, 2.05) is 0 Å². The molecule has 0 amide bonds. The first-order valence-electron chi connectivity index (χ1n) is 10.9. The van der Waals surface area contributed by atoms with Crippen LogP contribution < -0.4 is 28.5 Å². The fraction of sp³-hybridized carbons (Fsp3) is 0.783. The van der Waals surface area contributed by atoms with Crippen molar-refractivity contribution in [2.75, 3.05) is 0 Å². The molecule has 146 valence electrons. The third-order valence-electron chi connectivity index (χ3n) is 5.05. The summed E-state index contributed by atoms with van der Waals surface area (Å²) < 4.78 is 2.30. The van der Waals surface area contributed by atoms with E-state index in [2.05, 4.69) is 42.1 Å². The van der Waals surface area contributed by atoms with E-state index < -0.39 is 0 Å². The Hall–Kier alpha value is -0.120. The Morgan fingerprint density at radius 2 is 0.840 bits per heavy atom. The smallest absolute Gasteiger partial charge is 0.168 e. The molecule has 2 heteroatoms. The average molecular weight is 459 g/mol. The highest BCUT2D eigenvalue weighted by atomic mass is 127. The van der Waals surface area contributed by atoms with Gasteiger partial charge in [0.15, 0.2) is 12.4 Å². The summed E-state index contributed by atoms with van der Waals surface area (Å²) in [5.74, 6) is 0. The molecule has 0 aliphatic heterocycles.